The molecule has 0 bridgehead atoms. The standard InChI is InChI=1S/C18H30N2O3S/c1-8-20(12-17(21)19-13(2)3)24(22,23)16-11-15(18(5,6)7)10-9-14(16)4/h9-11,13H,8,12H2,1-7H3,(H,19,21). The minimum atomic E-state index is -3.72. The summed E-state index contributed by atoms with van der Waals surface area (Å²) in [5.41, 5.74) is 1.49. The van der Waals surface area contributed by atoms with Crippen LogP contribution < -0.4 is 5.32 Å². The van der Waals surface area contributed by atoms with Crippen LogP contribution in [0.15, 0.2) is 23.1 Å². The third-order valence-corrected chi connectivity index (χ3v) is 5.86. The van der Waals surface area contributed by atoms with Crippen molar-refractivity contribution in [2.24, 2.45) is 0 Å². The molecule has 0 spiro atoms. The molecule has 0 saturated heterocycles. The number of benzene rings is 1. The van der Waals surface area contributed by atoms with Gasteiger partial charge in [-0.3, -0.25) is 4.79 Å². The zero-order chi connectivity index (χ0) is 18.7. The summed E-state index contributed by atoms with van der Waals surface area (Å²) in [6.07, 6.45) is 0. The number of amides is 1. The number of sulfonamides is 1. The van der Waals surface area contributed by atoms with Gasteiger partial charge in [-0.1, -0.05) is 39.8 Å². The van der Waals surface area contributed by atoms with E-state index in [1.54, 1.807) is 19.9 Å². The maximum Gasteiger partial charge on any atom is 0.243 e. The molecule has 0 aliphatic carbocycles. The first-order valence-corrected chi connectivity index (χ1v) is 9.74. The number of rotatable bonds is 6. The Bertz CT molecular complexity index is 689. The Morgan fingerprint density at radius 3 is 2.29 bits per heavy atom. The summed E-state index contributed by atoms with van der Waals surface area (Å²) >= 11 is 0. The highest BCUT2D eigenvalue weighted by Crippen LogP contribution is 2.28. The molecule has 1 aromatic carbocycles. The van der Waals surface area contributed by atoms with Crippen molar-refractivity contribution in [3.8, 4) is 0 Å². The summed E-state index contributed by atoms with van der Waals surface area (Å²) in [7, 11) is -3.72. The molecule has 136 valence electrons. The number of nitrogens with one attached hydrogen (secondary N) is 1. The molecule has 0 aliphatic rings. The van der Waals surface area contributed by atoms with Crippen molar-refractivity contribution < 1.29 is 13.2 Å². The third kappa shape index (κ3) is 5.05. The molecule has 5 nitrogen and oxygen atoms in total. The van der Waals surface area contributed by atoms with E-state index in [-0.39, 0.29) is 35.3 Å². The molecular formula is C18H30N2O3S. The molecule has 1 aromatic rings. The average Bonchev–Trinajstić information content (AvgIpc) is 2.42. The van der Waals surface area contributed by atoms with Gasteiger partial charge in [0.15, 0.2) is 0 Å². The van der Waals surface area contributed by atoms with E-state index < -0.39 is 10.0 Å². The maximum atomic E-state index is 13.0. The number of likely N-dealkylation sites (N-methyl/N-ethyl adjacent to an activating group) is 1. The molecule has 0 radical (unpaired) electrons. The van der Waals surface area contributed by atoms with Gasteiger partial charge in [-0.2, -0.15) is 4.31 Å². The summed E-state index contributed by atoms with van der Waals surface area (Å²) < 4.78 is 27.3. The molecule has 0 saturated carbocycles. The van der Waals surface area contributed by atoms with Gasteiger partial charge in [0, 0.05) is 12.6 Å². The van der Waals surface area contributed by atoms with Crippen molar-refractivity contribution in [1.82, 2.24) is 9.62 Å². The monoisotopic (exact) mass is 354 g/mol. The van der Waals surface area contributed by atoms with Crippen LogP contribution in [-0.2, 0) is 20.2 Å². The molecule has 0 fully saturated rings. The molecule has 0 aliphatic heterocycles. The normalized spacial score (nSPS) is 12.7. The van der Waals surface area contributed by atoms with Gasteiger partial charge in [0.25, 0.3) is 0 Å². The molecule has 0 atom stereocenters. The van der Waals surface area contributed by atoms with E-state index >= 15 is 0 Å². The van der Waals surface area contributed by atoms with Crippen molar-refractivity contribution in [2.75, 3.05) is 13.1 Å². The van der Waals surface area contributed by atoms with Gasteiger partial charge < -0.3 is 5.32 Å². The smallest absolute Gasteiger partial charge is 0.243 e. The van der Waals surface area contributed by atoms with Gasteiger partial charge in [0.1, 0.15) is 0 Å². The van der Waals surface area contributed by atoms with E-state index in [0.29, 0.717) is 5.56 Å². The van der Waals surface area contributed by atoms with Gasteiger partial charge in [0.05, 0.1) is 11.4 Å². The second kappa shape index (κ2) is 7.66. The first kappa shape index (κ1) is 20.6. The highest BCUT2D eigenvalue weighted by atomic mass is 32.2. The number of carbonyl (C=O) groups is 1. The Labute approximate surface area is 146 Å². The molecule has 0 aromatic heterocycles. The van der Waals surface area contributed by atoms with Crippen LogP contribution in [0.4, 0.5) is 0 Å². The number of hydrogen-bond donors (Lipinski definition) is 1. The van der Waals surface area contributed by atoms with Crippen LogP contribution in [0, 0.1) is 6.92 Å². The van der Waals surface area contributed by atoms with Crippen LogP contribution in [0.3, 0.4) is 0 Å². The Hall–Kier alpha value is -1.40. The third-order valence-electron chi connectivity index (χ3n) is 3.79. The van der Waals surface area contributed by atoms with Crippen molar-refractivity contribution in [2.45, 2.75) is 64.8 Å². The fourth-order valence-corrected chi connectivity index (χ4v) is 4.03. The fraction of sp³-hybridized carbons (Fsp3) is 0.611. The molecule has 1 N–H and O–H groups in total. The van der Waals surface area contributed by atoms with E-state index in [0.717, 1.165) is 5.56 Å². The lowest BCUT2D eigenvalue weighted by Gasteiger charge is -2.24. The molecule has 1 amide bonds. The number of nitrogens with zero attached hydrogens (tertiary/aromatic N) is 1. The van der Waals surface area contributed by atoms with Gasteiger partial charge in [-0.05, 0) is 43.4 Å². The van der Waals surface area contributed by atoms with E-state index in [4.69, 9.17) is 0 Å². The minimum absolute atomic E-state index is 0.0233. The van der Waals surface area contributed by atoms with Gasteiger partial charge >= 0.3 is 0 Å². The summed E-state index contributed by atoms with van der Waals surface area (Å²) in [5.74, 6) is -0.292. The van der Waals surface area contributed by atoms with Crippen molar-refractivity contribution in [3.05, 3.63) is 29.3 Å². The Morgan fingerprint density at radius 2 is 1.83 bits per heavy atom. The Morgan fingerprint density at radius 1 is 1.25 bits per heavy atom. The van der Waals surface area contributed by atoms with E-state index in [2.05, 4.69) is 5.32 Å². The van der Waals surface area contributed by atoms with Crippen LogP contribution >= 0.6 is 0 Å². The molecule has 0 unspecified atom stereocenters. The molecule has 1 rings (SSSR count). The average molecular weight is 355 g/mol. The summed E-state index contributed by atoms with van der Waals surface area (Å²) in [6.45, 7) is 13.4. The molecule has 0 heterocycles. The van der Waals surface area contributed by atoms with Crippen molar-refractivity contribution in [3.63, 3.8) is 0 Å². The van der Waals surface area contributed by atoms with Crippen LogP contribution in [-0.4, -0.2) is 37.8 Å². The second-order valence-corrected chi connectivity index (χ2v) is 9.29. The van der Waals surface area contributed by atoms with E-state index in [9.17, 15) is 13.2 Å². The molecule has 24 heavy (non-hydrogen) atoms. The lowest BCUT2D eigenvalue weighted by Crippen LogP contribution is -2.42. The predicted octanol–water partition coefficient (Wildman–Crippen LogP) is 2.83. The highest BCUT2D eigenvalue weighted by molar-refractivity contribution is 7.89. The molecule has 6 heteroatoms. The second-order valence-electron chi connectivity index (χ2n) is 7.38. The number of hydrogen-bond acceptors (Lipinski definition) is 3. The lowest BCUT2D eigenvalue weighted by atomic mass is 9.87. The van der Waals surface area contributed by atoms with E-state index in [1.165, 1.54) is 4.31 Å². The largest absolute Gasteiger partial charge is 0.353 e. The van der Waals surface area contributed by atoms with Crippen LogP contribution in [0.1, 0.15) is 52.7 Å². The minimum Gasteiger partial charge on any atom is -0.353 e. The Kier molecular flexibility index (Phi) is 6.59. The quantitative estimate of drug-likeness (QED) is 0.854. The topological polar surface area (TPSA) is 66.5 Å². The highest BCUT2D eigenvalue weighted by Gasteiger charge is 2.28. The van der Waals surface area contributed by atoms with Crippen LogP contribution in [0.2, 0.25) is 0 Å². The van der Waals surface area contributed by atoms with Gasteiger partial charge in [0.2, 0.25) is 15.9 Å². The lowest BCUT2D eigenvalue weighted by molar-refractivity contribution is -0.121. The first-order chi connectivity index (χ1) is 10.9. The van der Waals surface area contributed by atoms with Crippen LogP contribution in [0.5, 0.6) is 0 Å². The van der Waals surface area contributed by atoms with Gasteiger partial charge in [-0.25, -0.2) is 8.42 Å². The summed E-state index contributed by atoms with van der Waals surface area (Å²) in [4.78, 5) is 12.3. The van der Waals surface area contributed by atoms with E-state index in [1.807, 2.05) is 46.8 Å². The van der Waals surface area contributed by atoms with Crippen LogP contribution in [0.25, 0.3) is 0 Å². The first-order valence-electron chi connectivity index (χ1n) is 8.30. The van der Waals surface area contributed by atoms with Crippen molar-refractivity contribution in [1.29, 1.82) is 0 Å². The Balaban J connectivity index is 3.24. The SMILES string of the molecule is CCN(CC(=O)NC(C)C)S(=O)(=O)c1cc(C(C)(C)C)ccc1C. The summed E-state index contributed by atoms with van der Waals surface area (Å²) in [6, 6.07) is 5.49. The molecular weight excluding hydrogens is 324 g/mol. The van der Waals surface area contributed by atoms with Gasteiger partial charge in [-0.15, -0.1) is 0 Å². The zero-order valence-corrected chi connectivity index (χ0v) is 16.6. The number of aryl methyl sites for hydroxylation is 1. The predicted molar refractivity (Wildman–Crippen MR) is 97.6 cm³/mol. The maximum absolute atomic E-state index is 13.0. The zero-order valence-electron chi connectivity index (χ0n) is 15.8. The summed E-state index contributed by atoms with van der Waals surface area (Å²) in [5, 5.41) is 2.74. The fourth-order valence-electron chi connectivity index (χ4n) is 2.38. The number of carbonyl (C=O) groups excluding carboxylic acids is 1. The van der Waals surface area contributed by atoms with Crippen molar-refractivity contribution >= 4 is 15.9 Å².